The number of carbonyl (C=O) groups is 2. The predicted molar refractivity (Wildman–Crippen MR) is 95.3 cm³/mol. The Hall–Kier alpha value is -2.18. The van der Waals surface area contributed by atoms with Gasteiger partial charge >= 0.3 is 5.69 Å². The first-order chi connectivity index (χ1) is 12.6. The SMILES string of the molecule is O=C(Cn1cccnc1=O)N1CCC2(CCCN(C3CCCC3)C2=O)C1. The fraction of sp³-hybridized carbons (Fsp3) is 0.684. The van der Waals surface area contributed by atoms with Crippen molar-refractivity contribution in [1.29, 1.82) is 0 Å². The van der Waals surface area contributed by atoms with Crippen molar-refractivity contribution in [3.05, 3.63) is 28.9 Å². The molecule has 1 spiro atoms. The predicted octanol–water partition coefficient (Wildman–Crippen LogP) is 1.03. The molecule has 3 heterocycles. The molecule has 0 aromatic carbocycles. The number of nitrogens with zero attached hydrogens (tertiary/aromatic N) is 4. The summed E-state index contributed by atoms with van der Waals surface area (Å²) in [7, 11) is 0. The highest BCUT2D eigenvalue weighted by Crippen LogP contribution is 2.42. The lowest BCUT2D eigenvalue weighted by atomic mass is 9.77. The smallest absolute Gasteiger partial charge is 0.340 e. The molecule has 140 valence electrons. The van der Waals surface area contributed by atoms with Crippen molar-refractivity contribution in [2.75, 3.05) is 19.6 Å². The number of piperidine rings is 1. The van der Waals surface area contributed by atoms with Gasteiger partial charge in [0.2, 0.25) is 11.8 Å². The minimum Gasteiger partial charge on any atom is -0.340 e. The quantitative estimate of drug-likeness (QED) is 0.809. The first-order valence-electron chi connectivity index (χ1n) is 9.69. The topological polar surface area (TPSA) is 75.5 Å². The molecule has 2 aliphatic heterocycles. The molecular formula is C19H26N4O3. The molecule has 1 unspecified atom stereocenters. The summed E-state index contributed by atoms with van der Waals surface area (Å²) < 4.78 is 1.32. The largest absolute Gasteiger partial charge is 0.347 e. The standard InChI is InChI=1S/C19H26N4O3/c24-16(13-21-10-4-9-20-18(21)26)22-12-8-19(14-22)7-3-11-23(17(19)25)15-5-1-2-6-15/h4,9-10,15H,1-3,5-8,11-14H2. The molecule has 0 radical (unpaired) electrons. The molecule has 0 N–H and O–H groups in total. The van der Waals surface area contributed by atoms with E-state index in [1.54, 1.807) is 17.2 Å². The number of hydrogen-bond acceptors (Lipinski definition) is 4. The summed E-state index contributed by atoms with van der Waals surface area (Å²) in [4.78, 5) is 45.2. The van der Waals surface area contributed by atoms with Gasteiger partial charge in [-0.1, -0.05) is 12.8 Å². The maximum Gasteiger partial charge on any atom is 0.347 e. The van der Waals surface area contributed by atoms with Crippen LogP contribution in [0.15, 0.2) is 23.3 Å². The Labute approximate surface area is 153 Å². The van der Waals surface area contributed by atoms with Gasteiger partial charge in [0.25, 0.3) is 0 Å². The van der Waals surface area contributed by atoms with Gasteiger partial charge in [0.1, 0.15) is 6.54 Å². The minimum absolute atomic E-state index is 0.0106. The van der Waals surface area contributed by atoms with E-state index in [9.17, 15) is 14.4 Å². The summed E-state index contributed by atoms with van der Waals surface area (Å²) in [5.74, 6) is 0.146. The number of amides is 2. The fourth-order valence-corrected chi connectivity index (χ4v) is 4.88. The van der Waals surface area contributed by atoms with Gasteiger partial charge in [0.05, 0.1) is 5.41 Å². The lowest BCUT2D eigenvalue weighted by molar-refractivity contribution is -0.148. The van der Waals surface area contributed by atoms with E-state index in [0.717, 1.165) is 38.6 Å². The van der Waals surface area contributed by atoms with Crippen LogP contribution in [0.1, 0.15) is 44.9 Å². The highest BCUT2D eigenvalue weighted by molar-refractivity contribution is 5.86. The van der Waals surface area contributed by atoms with Crippen LogP contribution in [-0.2, 0) is 16.1 Å². The molecule has 2 saturated heterocycles. The van der Waals surface area contributed by atoms with E-state index in [2.05, 4.69) is 9.88 Å². The summed E-state index contributed by atoms with van der Waals surface area (Å²) in [6.45, 7) is 1.94. The molecule has 1 atom stereocenters. The summed E-state index contributed by atoms with van der Waals surface area (Å²) in [5, 5.41) is 0. The number of hydrogen-bond donors (Lipinski definition) is 0. The molecule has 3 aliphatic rings. The number of likely N-dealkylation sites (tertiary alicyclic amines) is 2. The second-order valence-electron chi connectivity index (χ2n) is 7.92. The van der Waals surface area contributed by atoms with E-state index in [1.165, 1.54) is 23.6 Å². The Morgan fingerprint density at radius 3 is 2.73 bits per heavy atom. The molecule has 1 saturated carbocycles. The molecule has 0 bridgehead atoms. The van der Waals surface area contributed by atoms with Crippen molar-refractivity contribution in [3.63, 3.8) is 0 Å². The lowest BCUT2D eigenvalue weighted by Crippen LogP contribution is -2.53. The van der Waals surface area contributed by atoms with Gasteiger partial charge in [-0.3, -0.25) is 14.2 Å². The molecule has 7 heteroatoms. The number of aromatic nitrogens is 2. The van der Waals surface area contributed by atoms with E-state index >= 15 is 0 Å². The van der Waals surface area contributed by atoms with Gasteiger partial charge < -0.3 is 9.80 Å². The van der Waals surface area contributed by atoms with Crippen LogP contribution in [-0.4, -0.2) is 56.8 Å². The molecule has 26 heavy (non-hydrogen) atoms. The average Bonchev–Trinajstić information content (AvgIpc) is 3.30. The van der Waals surface area contributed by atoms with Gasteiger partial charge in [-0.2, -0.15) is 0 Å². The average molecular weight is 358 g/mol. The Kier molecular flexibility index (Phi) is 4.54. The van der Waals surface area contributed by atoms with E-state index in [0.29, 0.717) is 19.1 Å². The maximum absolute atomic E-state index is 13.2. The van der Waals surface area contributed by atoms with Crippen LogP contribution in [0.3, 0.4) is 0 Å². The molecule has 1 aliphatic carbocycles. The van der Waals surface area contributed by atoms with E-state index in [4.69, 9.17) is 0 Å². The molecule has 1 aromatic rings. The zero-order valence-electron chi connectivity index (χ0n) is 15.1. The minimum atomic E-state index is -0.420. The molecule has 4 rings (SSSR count). The Balaban J connectivity index is 1.45. The number of rotatable bonds is 3. The molecule has 2 amide bonds. The Bertz CT molecular complexity index is 755. The first-order valence-corrected chi connectivity index (χ1v) is 9.69. The highest BCUT2D eigenvalue weighted by atomic mass is 16.2. The lowest BCUT2D eigenvalue weighted by Gasteiger charge is -2.42. The van der Waals surface area contributed by atoms with E-state index in [1.807, 2.05) is 0 Å². The highest BCUT2D eigenvalue weighted by Gasteiger charge is 2.50. The van der Waals surface area contributed by atoms with Crippen LogP contribution in [0.5, 0.6) is 0 Å². The Morgan fingerprint density at radius 2 is 1.96 bits per heavy atom. The summed E-state index contributed by atoms with van der Waals surface area (Å²) in [5.41, 5.74) is -0.827. The second-order valence-corrected chi connectivity index (χ2v) is 7.92. The van der Waals surface area contributed by atoms with Crippen LogP contribution < -0.4 is 5.69 Å². The van der Waals surface area contributed by atoms with Crippen molar-refractivity contribution < 1.29 is 9.59 Å². The fourth-order valence-electron chi connectivity index (χ4n) is 4.88. The first kappa shape index (κ1) is 17.2. The van der Waals surface area contributed by atoms with Gasteiger partial charge in [-0.25, -0.2) is 9.78 Å². The monoisotopic (exact) mass is 358 g/mol. The molecule has 3 fully saturated rings. The summed E-state index contributed by atoms with van der Waals surface area (Å²) in [6, 6.07) is 2.04. The summed E-state index contributed by atoms with van der Waals surface area (Å²) in [6.07, 6.45) is 10.3. The van der Waals surface area contributed by atoms with Gasteiger partial charge in [0.15, 0.2) is 0 Å². The van der Waals surface area contributed by atoms with Crippen LogP contribution >= 0.6 is 0 Å². The summed E-state index contributed by atoms with van der Waals surface area (Å²) >= 11 is 0. The second kappa shape index (κ2) is 6.85. The third-order valence-electron chi connectivity index (χ3n) is 6.33. The van der Waals surface area contributed by atoms with Crippen LogP contribution in [0, 0.1) is 5.41 Å². The van der Waals surface area contributed by atoms with Crippen molar-refractivity contribution in [2.24, 2.45) is 5.41 Å². The molecule has 7 nitrogen and oxygen atoms in total. The number of carbonyl (C=O) groups excluding carboxylic acids is 2. The molecular weight excluding hydrogens is 332 g/mol. The van der Waals surface area contributed by atoms with Gasteiger partial charge in [-0.05, 0) is 38.2 Å². The van der Waals surface area contributed by atoms with E-state index in [-0.39, 0.29) is 18.4 Å². The van der Waals surface area contributed by atoms with Gasteiger partial charge in [0, 0.05) is 38.1 Å². The zero-order chi connectivity index (χ0) is 18.1. The Morgan fingerprint density at radius 1 is 1.15 bits per heavy atom. The molecule has 1 aromatic heterocycles. The van der Waals surface area contributed by atoms with E-state index < -0.39 is 11.1 Å². The van der Waals surface area contributed by atoms with Crippen molar-refractivity contribution in [3.8, 4) is 0 Å². The third kappa shape index (κ3) is 3.04. The van der Waals surface area contributed by atoms with Crippen LogP contribution in [0.25, 0.3) is 0 Å². The van der Waals surface area contributed by atoms with Crippen LogP contribution in [0.2, 0.25) is 0 Å². The van der Waals surface area contributed by atoms with Crippen LogP contribution in [0.4, 0.5) is 0 Å². The third-order valence-corrected chi connectivity index (χ3v) is 6.33. The zero-order valence-corrected chi connectivity index (χ0v) is 15.1. The maximum atomic E-state index is 13.2. The van der Waals surface area contributed by atoms with Crippen molar-refractivity contribution >= 4 is 11.8 Å². The van der Waals surface area contributed by atoms with Crippen molar-refractivity contribution in [1.82, 2.24) is 19.4 Å². The van der Waals surface area contributed by atoms with Gasteiger partial charge in [-0.15, -0.1) is 0 Å². The normalized spacial score (nSPS) is 26.8. The van der Waals surface area contributed by atoms with Crippen molar-refractivity contribution in [2.45, 2.75) is 57.5 Å².